The lowest BCUT2D eigenvalue weighted by atomic mass is 9.72. The van der Waals surface area contributed by atoms with Crippen molar-refractivity contribution >= 4 is 12.0 Å². The van der Waals surface area contributed by atoms with Gasteiger partial charge >= 0.3 is 12.0 Å². The van der Waals surface area contributed by atoms with E-state index in [1.807, 2.05) is 0 Å². The van der Waals surface area contributed by atoms with Gasteiger partial charge in [0.1, 0.15) is 0 Å². The third-order valence-corrected chi connectivity index (χ3v) is 4.33. The highest BCUT2D eigenvalue weighted by molar-refractivity contribution is 5.74. The average molecular weight is 284 g/mol. The van der Waals surface area contributed by atoms with Gasteiger partial charge in [-0.15, -0.1) is 0 Å². The van der Waals surface area contributed by atoms with Crippen molar-refractivity contribution in [2.24, 2.45) is 5.41 Å². The van der Waals surface area contributed by atoms with E-state index in [1.54, 1.807) is 0 Å². The maximum atomic E-state index is 11.8. The van der Waals surface area contributed by atoms with E-state index in [-0.39, 0.29) is 23.9 Å². The normalized spacial score (nSPS) is 25.1. The molecule has 1 heterocycles. The number of amides is 2. The van der Waals surface area contributed by atoms with Crippen LogP contribution in [-0.2, 0) is 9.53 Å². The van der Waals surface area contributed by atoms with E-state index in [0.717, 1.165) is 38.5 Å². The molecule has 20 heavy (non-hydrogen) atoms. The number of ether oxygens (including phenoxy) is 1. The number of rotatable bonds is 5. The first-order valence-electron chi connectivity index (χ1n) is 7.44. The van der Waals surface area contributed by atoms with Gasteiger partial charge in [-0.25, -0.2) is 4.79 Å². The molecular formula is C14H24N2O4. The molecule has 1 aliphatic carbocycles. The number of hydrogen-bond acceptors (Lipinski definition) is 3. The summed E-state index contributed by atoms with van der Waals surface area (Å²) in [5.74, 6) is -0.779. The lowest BCUT2D eigenvalue weighted by Crippen LogP contribution is -2.47. The van der Waals surface area contributed by atoms with Crippen molar-refractivity contribution < 1.29 is 19.4 Å². The van der Waals surface area contributed by atoms with E-state index in [4.69, 9.17) is 9.84 Å². The van der Waals surface area contributed by atoms with Crippen LogP contribution in [0.15, 0.2) is 0 Å². The van der Waals surface area contributed by atoms with Crippen molar-refractivity contribution in [2.75, 3.05) is 19.8 Å². The van der Waals surface area contributed by atoms with Crippen molar-refractivity contribution in [2.45, 2.75) is 51.0 Å². The molecule has 6 nitrogen and oxygen atoms in total. The van der Waals surface area contributed by atoms with Crippen molar-refractivity contribution in [1.82, 2.24) is 10.6 Å². The number of nitrogens with one attached hydrogen (secondary N) is 2. The summed E-state index contributed by atoms with van der Waals surface area (Å²) in [4.78, 5) is 22.9. The topological polar surface area (TPSA) is 87.7 Å². The van der Waals surface area contributed by atoms with Crippen LogP contribution in [0.5, 0.6) is 0 Å². The first kappa shape index (κ1) is 15.1. The Kier molecular flexibility index (Phi) is 5.23. The monoisotopic (exact) mass is 284 g/mol. The Morgan fingerprint density at radius 1 is 1.25 bits per heavy atom. The molecule has 2 aliphatic rings. The molecule has 1 atom stereocenters. The minimum Gasteiger partial charge on any atom is -0.481 e. The molecule has 1 unspecified atom stereocenters. The summed E-state index contributed by atoms with van der Waals surface area (Å²) >= 11 is 0. The molecule has 1 saturated heterocycles. The van der Waals surface area contributed by atoms with E-state index < -0.39 is 5.97 Å². The van der Waals surface area contributed by atoms with Crippen LogP contribution in [0.1, 0.15) is 44.9 Å². The van der Waals surface area contributed by atoms with E-state index in [9.17, 15) is 9.59 Å². The minimum atomic E-state index is -0.779. The Morgan fingerprint density at radius 2 is 2.00 bits per heavy atom. The fourth-order valence-electron chi connectivity index (χ4n) is 3.19. The summed E-state index contributed by atoms with van der Waals surface area (Å²) in [7, 11) is 0. The second-order valence-corrected chi connectivity index (χ2v) is 6.02. The van der Waals surface area contributed by atoms with Crippen LogP contribution in [-0.4, -0.2) is 42.9 Å². The minimum absolute atomic E-state index is 0.0804. The fraction of sp³-hybridized carbons (Fsp3) is 0.857. The Labute approximate surface area is 119 Å². The predicted molar refractivity (Wildman–Crippen MR) is 73.5 cm³/mol. The summed E-state index contributed by atoms with van der Waals surface area (Å²) in [5.41, 5.74) is -0.270. The van der Waals surface area contributed by atoms with Crippen LogP contribution in [0.2, 0.25) is 0 Å². The molecule has 114 valence electrons. The summed E-state index contributed by atoms with van der Waals surface area (Å²) in [5, 5.41) is 14.8. The first-order chi connectivity index (χ1) is 9.60. The zero-order valence-electron chi connectivity index (χ0n) is 11.8. The van der Waals surface area contributed by atoms with Gasteiger partial charge in [-0.05, 0) is 24.7 Å². The summed E-state index contributed by atoms with van der Waals surface area (Å²) < 4.78 is 5.20. The smallest absolute Gasteiger partial charge is 0.315 e. The molecular weight excluding hydrogens is 260 g/mol. The van der Waals surface area contributed by atoms with E-state index in [1.165, 1.54) is 0 Å². The largest absolute Gasteiger partial charge is 0.481 e. The average Bonchev–Trinajstić information content (AvgIpc) is 2.90. The van der Waals surface area contributed by atoms with Gasteiger partial charge < -0.3 is 20.5 Å². The highest BCUT2D eigenvalue weighted by atomic mass is 16.5. The lowest BCUT2D eigenvalue weighted by molar-refractivity contribution is -0.140. The van der Waals surface area contributed by atoms with Gasteiger partial charge in [-0.2, -0.15) is 0 Å². The van der Waals surface area contributed by atoms with Crippen LogP contribution in [0, 0.1) is 5.41 Å². The summed E-state index contributed by atoms with van der Waals surface area (Å²) in [6.07, 6.45) is 6.00. The molecule has 2 rings (SSSR count). The number of carbonyl (C=O) groups is 2. The molecule has 0 spiro atoms. The maximum Gasteiger partial charge on any atom is 0.315 e. The molecule has 1 saturated carbocycles. The Hall–Kier alpha value is -1.30. The third-order valence-electron chi connectivity index (χ3n) is 4.33. The number of hydrogen-bond donors (Lipinski definition) is 3. The van der Waals surface area contributed by atoms with Crippen LogP contribution in [0.3, 0.4) is 0 Å². The van der Waals surface area contributed by atoms with Gasteiger partial charge in [-0.3, -0.25) is 4.79 Å². The molecule has 3 N–H and O–H groups in total. The van der Waals surface area contributed by atoms with Gasteiger partial charge in [0, 0.05) is 13.2 Å². The molecule has 0 aromatic rings. The molecule has 6 heteroatoms. The van der Waals surface area contributed by atoms with Crippen LogP contribution in [0.4, 0.5) is 4.79 Å². The van der Waals surface area contributed by atoms with E-state index in [0.29, 0.717) is 19.8 Å². The predicted octanol–water partition coefficient (Wildman–Crippen LogP) is 1.50. The Bertz CT molecular complexity index is 347. The zero-order valence-corrected chi connectivity index (χ0v) is 11.8. The third kappa shape index (κ3) is 4.37. The molecule has 1 aliphatic heterocycles. The highest BCUT2D eigenvalue weighted by Gasteiger charge is 2.34. The van der Waals surface area contributed by atoms with Gasteiger partial charge in [-0.1, -0.05) is 19.3 Å². The van der Waals surface area contributed by atoms with Gasteiger partial charge in [0.15, 0.2) is 0 Å². The van der Waals surface area contributed by atoms with E-state index in [2.05, 4.69) is 10.6 Å². The molecule has 0 radical (unpaired) electrons. The highest BCUT2D eigenvalue weighted by Crippen LogP contribution is 2.38. The van der Waals surface area contributed by atoms with Gasteiger partial charge in [0.2, 0.25) is 0 Å². The summed E-state index contributed by atoms with van der Waals surface area (Å²) in [6, 6.07) is -0.132. The van der Waals surface area contributed by atoms with Crippen molar-refractivity contribution in [1.29, 1.82) is 0 Å². The van der Waals surface area contributed by atoms with Crippen LogP contribution in [0.25, 0.3) is 0 Å². The van der Waals surface area contributed by atoms with Crippen LogP contribution >= 0.6 is 0 Å². The maximum absolute atomic E-state index is 11.8. The second-order valence-electron chi connectivity index (χ2n) is 6.02. The molecule has 0 bridgehead atoms. The number of carbonyl (C=O) groups excluding carboxylic acids is 1. The molecule has 2 amide bonds. The quantitative estimate of drug-likeness (QED) is 0.714. The Balaban J connectivity index is 1.81. The molecule has 0 aromatic carbocycles. The Morgan fingerprint density at radius 3 is 2.60 bits per heavy atom. The molecule has 0 aromatic heterocycles. The number of aliphatic carboxylic acids is 1. The number of carboxylic acid groups (broad SMARTS) is 1. The van der Waals surface area contributed by atoms with Gasteiger partial charge in [0.25, 0.3) is 0 Å². The lowest BCUT2D eigenvalue weighted by Gasteiger charge is -2.36. The number of urea groups is 1. The standard InChI is InChI=1S/C14H24N2O4/c17-12(18)8-14(5-2-1-3-6-14)10-15-13(19)16-11-4-7-20-9-11/h11H,1-10H2,(H,17,18)(H2,15,16,19). The van der Waals surface area contributed by atoms with Crippen molar-refractivity contribution in [3.63, 3.8) is 0 Å². The van der Waals surface area contributed by atoms with Crippen molar-refractivity contribution in [3.05, 3.63) is 0 Å². The zero-order chi connectivity index (χ0) is 14.4. The molecule has 2 fully saturated rings. The van der Waals surface area contributed by atoms with E-state index >= 15 is 0 Å². The van der Waals surface area contributed by atoms with Crippen molar-refractivity contribution in [3.8, 4) is 0 Å². The van der Waals surface area contributed by atoms with Gasteiger partial charge in [0.05, 0.1) is 19.1 Å². The first-order valence-corrected chi connectivity index (χ1v) is 7.44. The summed E-state index contributed by atoms with van der Waals surface area (Å²) in [6.45, 7) is 1.69. The SMILES string of the molecule is O=C(O)CC1(CNC(=O)NC2CCOC2)CCCCC1. The fourth-order valence-corrected chi connectivity index (χ4v) is 3.19. The second kappa shape index (κ2) is 6.92. The van der Waals surface area contributed by atoms with Crippen LogP contribution < -0.4 is 10.6 Å². The number of carboxylic acids is 1.